The Bertz CT molecular complexity index is 423. The maximum absolute atomic E-state index is 11.7. The minimum absolute atomic E-state index is 0.305. The zero-order valence-corrected chi connectivity index (χ0v) is 12.8. The molecule has 0 saturated heterocycles. The molecule has 0 aliphatic carbocycles. The van der Waals surface area contributed by atoms with Gasteiger partial charge in [-0.3, -0.25) is 4.79 Å². The number of esters is 1. The van der Waals surface area contributed by atoms with Crippen LogP contribution in [-0.2, 0) is 9.53 Å². The van der Waals surface area contributed by atoms with Crippen molar-refractivity contribution in [2.24, 2.45) is 5.92 Å². The number of carbonyl (C=O) groups excluding carboxylic acids is 2. The molecule has 115 valence electrons. The first-order valence-corrected chi connectivity index (χ1v) is 7.38. The van der Waals surface area contributed by atoms with Gasteiger partial charge in [-0.15, -0.1) is 0 Å². The molecule has 0 N–H and O–H groups in total. The second kappa shape index (κ2) is 9.97. The predicted molar refractivity (Wildman–Crippen MR) is 81.2 cm³/mol. The summed E-state index contributed by atoms with van der Waals surface area (Å²) in [5.41, 5.74) is 0.532. The van der Waals surface area contributed by atoms with Crippen molar-refractivity contribution in [3.63, 3.8) is 0 Å². The molecular weight excluding hydrogens is 268 g/mol. The van der Waals surface area contributed by atoms with E-state index < -0.39 is 0 Å². The molecular formula is C17H23O4. The smallest absolute Gasteiger partial charge is 0.338 e. The lowest BCUT2D eigenvalue weighted by Crippen LogP contribution is -2.10. The lowest BCUT2D eigenvalue weighted by molar-refractivity contribution is 0.0459. The van der Waals surface area contributed by atoms with Gasteiger partial charge in [0, 0.05) is 6.42 Å². The van der Waals surface area contributed by atoms with Crippen molar-refractivity contribution >= 4 is 12.3 Å². The van der Waals surface area contributed by atoms with Gasteiger partial charge in [0.1, 0.15) is 5.75 Å². The lowest BCUT2D eigenvalue weighted by Gasteiger charge is -2.08. The normalized spacial score (nSPS) is 10.4. The van der Waals surface area contributed by atoms with Crippen LogP contribution in [0.15, 0.2) is 24.3 Å². The third-order valence-electron chi connectivity index (χ3n) is 2.83. The SMILES string of the molecule is CC(C)COC(=O)c1ccc(OCCCCC[C]=O)cc1. The number of carbonyl (C=O) groups is 1. The molecule has 1 radical (unpaired) electrons. The molecule has 0 aromatic heterocycles. The third-order valence-corrected chi connectivity index (χ3v) is 2.83. The maximum atomic E-state index is 11.7. The molecule has 0 amide bonds. The molecule has 0 fully saturated rings. The van der Waals surface area contributed by atoms with Crippen molar-refractivity contribution in [1.29, 1.82) is 0 Å². The Hall–Kier alpha value is -1.84. The molecule has 4 heteroatoms. The van der Waals surface area contributed by atoms with E-state index in [2.05, 4.69) is 0 Å². The average molecular weight is 291 g/mol. The topological polar surface area (TPSA) is 52.6 Å². The van der Waals surface area contributed by atoms with Crippen LogP contribution in [0.25, 0.3) is 0 Å². The first-order chi connectivity index (χ1) is 10.1. The summed E-state index contributed by atoms with van der Waals surface area (Å²) in [7, 11) is 0. The molecule has 0 saturated carbocycles. The van der Waals surface area contributed by atoms with Crippen LogP contribution < -0.4 is 4.74 Å². The monoisotopic (exact) mass is 291 g/mol. The molecule has 0 aliphatic rings. The van der Waals surface area contributed by atoms with E-state index in [0.29, 0.717) is 31.1 Å². The number of unbranched alkanes of at least 4 members (excludes halogenated alkanes) is 3. The van der Waals surface area contributed by atoms with Crippen molar-refractivity contribution in [2.45, 2.75) is 39.5 Å². The summed E-state index contributed by atoms with van der Waals surface area (Å²) in [5, 5.41) is 0. The Kier molecular flexibility index (Phi) is 8.17. The fraction of sp³-hybridized carbons (Fsp3) is 0.529. The fourth-order valence-corrected chi connectivity index (χ4v) is 1.68. The second-order valence-electron chi connectivity index (χ2n) is 5.32. The highest BCUT2D eigenvalue weighted by molar-refractivity contribution is 5.89. The first kappa shape index (κ1) is 17.2. The van der Waals surface area contributed by atoms with E-state index in [-0.39, 0.29) is 5.97 Å². The molecule has 0 spiro atoms. The molecule has 1 aromatic rings. The van der Waals surface area contributed by atoms with Crippen LogP contribution in [0.2, 0.25) is 0 Å². The second-order valence-corrected chi connectivity index (χ2v) is 5.32. The minimum atomic E-state index is -0.305. The highest BCUT2D eigenvalue weighted by atomic mass is 16.5. The van der Waals surface area contributed by atoms with Gasteiger partial charge in [-0.2, -0.15) is 0 Å². The standard InChI is InChI=1S/C17H23O4/c1-14(2)13-21-17(19)15-7-9-16(10-8-15)20-12-6-4-3-5-11-18/h7-10,14H,3-6,12-13H2,1-2H3. The molecule has 0 atom stereocenters. The van der Waals surface area contributed by atoms with Gasteiger partial charge < -0.3 is 9.47 Å². The van der Waals surface area contributed by atoms with Crippen LogP contribution in [0.1, 0.15) is 49.9 Å². The van der Waals surface area contributed by atoms with Gasteiger partial charge in [0.25, 0.3) is 0 Å². The Balaban J connectivity index is 2.29. The molecule has 0 bridgehead atoms. The summed E-state index contributed by atoms with van der Waals surface area (Å²) in [5.74, 6) is 0.756. The summed E-state index contributed by atoms with van der Waals surface area (Å²) < 4.78 is 10.7. The summed E-state index contributed by atoms with van der Waals surface area (Å²) >= 11 is 0. The summed E-state index contributed by atoms with van der Waals surface area (Å²) in [6, 6.07) is 6.95. The number of benzene rings is 1. The van der Waals surface area contributed by atoms with Gasteiger partial charge in [-0.25, -0.2) is 4.79 Å². The summed E-state index contributed by atoms with van der Waals surface area (Å²) in [4.78, 5) is 21.8. The van der Waals surface area contributed by atoms with Crippen LogP contribution in [0.4, 0.5) is 0 Å². The van der Waals surface area contributed by atoms with E-state index in [1.807, 2.05) is 20.1 Å². The molecule has 1 aromatic carbocycles. The summed E-state index contributed by atoms with van der Waals surface area (Å²) in [6.07, 6.45) is 5.08. The Morgan fingerprint density at radius 1 is 1.14 bits per heavy atom. The van der Waals surface area contributed by atoms with Crippen LogP contribution in [-0.4, -0.2) is 25.5 Å². The van der Waals surface area contributed by atoms with Gasteiger partial charge in [0.05, 0.1) is 18.8 Å². The number of hydrogen-bond donors (Lipinski definition) is 0. The predicted octanol–water partition coefficient (Wildman–Crippen LogP) is 3.55. The van der Waals surface area contributed by atoms with Gasteiger partial charge >= 0.3 is 5.97 Å². The zero-order chi connectivity index (χ0) is 15.5. The van der Waals surface area contributed by atoms with Crippen LogP contribution in [0.3, 0.4) is 0 Å². The lowest BCUT2D eigenvalue weighted by atomic mass is 10.2. The van der Waals surface area contributed by atoms with Crippen LogP contribution >= 0.6 is 0 Å². The van der Waals surface area contributed by atoms with Crippen molar-refractivity contribution in [2.75, 3.05) is 13.2 Å². The van der Waals surface area contributed by atoms with E-state index in [1.165, 1.54) is 0 Å². The fourth-order valence-electron chi connectivity index (χ4n) is 1.68. The molecule has 0 heterocycles. The van der Waals surface area contributed by atoms with Crippen LogP contribution in [0.5, 0.6) is 5.75 Å². The largest absolute Gasteiger partial charge is 0.494 e. The van der Waals surface area contributed by atoms with Crippen LogP contribution in [0, 0.1) is 5.92 Å². The summed E-state index contributed by atoms with van der Waals surface area (Å²) in [6.45, 7) is 5.03. The van der Waals surface area contributed by atoms with Crippen molar-refractivity contribution in [1.82, 2.24) is 0 Å². The minimum Gasteiger partial charge on any atom is -0.494 e. The van der Waals surface area contributed by atoms with Crippen molar-refractivity contribution in [3.8, 4) is 5.75 Å². The zero-order valence-electron chi connectivity index (χ0n) is 12.8. The van der Waals surface area contributed by atoms with E-state index >= 15 is 0 Å². The Morgan fingerprint density at radius 2 is 1.86 bits per heavy atom. The first-order valence-electron chi connectivity index (χ1n) is 7.38. The number of hydrogen-bond acceptors (Lipinski definition) is 4. The van der Waals surface area contributed by atoms with Gasteiger partial charge in [0.2, 0.25) is 0 Å². The van der Waals surface area contributed by atoms with E-state index in [4.69, 9.17) is 9.47 Å². The average Bonchev–Trinajstić information content (AvgIpc) is 2.49. The van der Waals surface area contributed by atoms with E-state index in [9.17, 15) is 9.59 Å². The van der Waals surface area contributed by atoms with Crippen molar-refractivity contribution < 1.29 is 19.1 Å². The number of ether oxygens (including phenoxy) is 2. The Labute approximate surface area is 126 Å². The van der Waals surface area contributed by atoms with Gasteiger partial charge in [-0.05, 0) is 49.4 Å². The molecule has 21 heavy (non-hydrogen) atoms. The highest BCUT2D eigenvalue weighted by Crippen LogP contribution is 2.14. The molecule has 0 aliphatic heterocycles. The highest BCUT2D eigenvalue weighted by Gasteiger charge is 2.08. The molecule has 0 unspecified atom stereocenters. The molecule has 4 nitrogen and oxygen atoms in total. The van der Waals surface area contributed by atoms with Gasteiger partial charge in [0.15, 0.2) is 6.29 Å². The number of rotatable bonds is 10. The quantitative estimate of drug-likeness (QED) is 0.488. The van der Waals surface area contributed by atoms with E-state index in [0.717, 1.165) is 25.0 Å². The Morgan fingerprint density at radius 3 is 2.48 bits per heavy atom. The third kappa shape index (κ3) is 7.49. The van der Waals surface area contributed by atoms with Crippen molar-refractivity contribution in [3.05, 3.63) is 29.8 Å². The molecule has 1 rings (SSSR count). The van der Waals surface area contributed by atoms with E-state index in [1.54, 1.807) is 24.3 Å². The maximum Gasteiger partial charge on any atom is 0.338 e. The van der Waals surface area contributed by atoms with Gasteiger partial charge in [-0.1, -0.05) is 13.8 Å².